The van der Waals surface area contributed by atoms with Crippen molar-refractivity contribution < 1.29 is 9.47 Å². The summed E-state index contributed by atoms with van der Waals surface area (Å²) in [4.78, 5) is 0. The number of hydrogen-bond acceptors (Lipinski definition) is 3. The molecule has 1 N–H and O–H groups in total. The fourth-order valence-electron chi connectivity index (χ4n) is 3.79. The molecule has 0 bridgehead atoms. The first-order valence-electron chi connectivity index (χ1n) is 8.89. The molecule has 2 aliphatic rings. The quantitative estimate of drug-likeness (QED) is 0.861. The van der Waals surface area contributed by atoms with Gasteiger partial charge >= 0.3 is 0 Å². The molecule has 1 aromatic rings. The Kier molecular flexibility index (Phi) is 4.62. The van der Waals surface area contributed by atoms with E-state index in [-0.39, 0.29) is 11.7 Å². The Balaban J connectivity index is 1.87. The van der Waals surface area contributed by atoms with E-state index in [9.17, 15) is 0 Å². The van der Waals surface area contributed by atoms with Crippen LogP contribution in [0.25, 0.3) is 0 Å². The zero-order valence-corrected chi connectivity index (χ0v) is 14.2. The van der Waals surface area contributed by atoms with E-state index in [0.29, 0.717) is 6.04 Å². The van der Waals surface area contributed by atoms with Gasteiger partial charge in [0.1, 0.15) is 17.1 Å². The summed E-state index contributed by atoms with van der Waals surface area (Å²) in [6.07, 6.45) is 7.33. The number of nitrogens with one attached hydrogen (secondary N) is 1. The summed E-state index contributed by atoms with van der Waals surface area (Å²) in [5, 5.41) is 3.65. The summed E-state index contributed by atoms with van der Waals surface area (Å²) in [5.41, 5.74) is 1.33. The first-order valence-corrected chi connectivity index (χ1v) is 8.89. The van der Waals surface area contributed by atoms with Crippen LogP contribution in [0.15, 0.2) is 18.2 Å². The summed E-state index contributed by atoms with van der Waals surface area (Å²) >= 11 is 0. The minimum Gasteiger partial charge on any atom is -0.491 e. The third kappa shape index (κ3) is 3.10. The van der Waals surface area contributed by atoms with Crippen LogP contribution in [0, 0.1) is 0 Å². The lowest BCUT2D eigenvalue weighted by molar-refractivity contribution is 0.0368. The van der Waals surface area contributed by atoms with Gasteiger partial charge in [0, 0.05) is 18.0 Å². The lowest BCUT2D eigenvalue weighted by Gasteiger charge is -2.40. The lowest BCUT2D eigenvalue weighted by atomic mass is 9.86. The van der Waals surface area contributed by atoms with Gasteiger partial charge in [-0.15, -0.1) is 0 Å². The van der Waals surface area contributed by atoms with E-state index in [0.717, 1.165) is 30.9 Å². The lowest BCUT2D eigenvalue weighted by Crippen LogP contribution is -2.42. The van der Waals surface area contributed by atoms with Crippen molar-refractivity contribution in [1.29, 1.82) is 0 Å². The number of benzene rings is 1. The van der Waals surface area contributed by atoms with Crippen molar-refractivity contribution >= 4 is 0 Å². The second-order valence-corrected chi connectivity index (χ2v) is 6.84. The van der Waals surface area contributed by atoms with Crippen molar-refractivity contribution in [2.45, 2.75) is 77.0 Å². The Morgan fingerprint density at radius 3 is 2.77 bits per heavy atom. The van der Waals surface area contributed by atoms with E-state index in [1.54, 1.807) is 0 Å². The van der Waals surface area contributed by atoms with Gasteiger partial charge < -0.3 is 14.8 Å². The zero-order valence-electron chi connectivity index (χ0n) is 14.2. The molecule has 22 heavy (non-hydrogen) atoms. The van der Waals surface area contributed by atoms with Crippen LogP contribution in [0.3, 0.4) is 0 Å². The molecule has 3 rings (SSSR count). The van der Waals surface area contributed by atoms with Crippen molar-refractivity contribution in [3.8, 4) is 11.5 Å². The van der Waals surface area contributed by atoms with Crippen LogP contribution in [-0.2, 0) is 0 Å². The molecule has 1 spiro atoms. The predicted molar refractivity (Wildman–Crippen MR) is 89.7 cm³/mol. The van der Waals surface area contributed by atoms with Gasteiger partial charge in [-0.05, 0) is 63.8 Å². The molecule has 3 nitrogen and oxygen atoms in total. The Morgan fingerprint density at radius 1 is 1.32 bits per heavy atom. The van der Waals surface area contributed by atoms with Gasteiger partial charge in [-0.25, -0.2) is 0 Å². The third-order valence-electron chi connectivity index (χ3n) is 5.14. The van der Waals surface area contributed by atoms with E-state index in [2.05, 4.69) is 44.3 Å². The summed E-state index contributed by atoms with van der Waals surface area (Å²) in [7, 11) is 0. The van der Waals surface area contributed by atoms with Crippen molar-refractivity contribution in [1.82, 2.24) is 5.32 Å². The number of rotatable bonds is 5. The molecule has 0 aromatic heterocycles. The normalized spacial score (nSPS) is 23.9. The maximum atomic E-state index is 6.45. The standard InChI is InChI=1S/C19H29NO2/c1-4-14(3)21-15-8-9-18-16(12-15)17(20-5-2)13-19(22-18)10-6-7-11-19/h8-9,12,14,17,20H,4-7,10-11,13H2,1-3H3. The molecule has 1 aromatic carbocycles. The van der Waals surface area contributed by atoms with Crippen LogP contribution in [0.2, 0.25) is 0 Å². The van der Waals surface area contributed by atoms with Crippen LogP contribution in [0.5, 0.6) is 11.5 Å². The average molecular weight is 303 g/mol. The highest BCUT2D eigenvalue weighted by atomic mass is 16.5. The molecular formula is C19H29NO2. The van der Waals surface area contributed by atoms with Gasteiger partial charge in [-0.2, -0.15) is 0 Å². The molecule has 1 saturated carbocycles. The Morgan fingerprint density at radius 2 is 2.09 bits per heavy atom. The molecule has 3 heteroatoms. The Hall–Kier alpha value is -1.22. The molecule has 2 unspecified atom stereocenters. The van der Waals surface area contributed by atoms with Crippen molar-refractivity contribution in [2.75, 3.05) is 6.54 Å². The fraction of sp³-hybridized carbons (Fsp3) is 0.684. The van der Waals surface area contributed by atoms with E-state index in [1.165, 1.54) is 31.2 Å². The number of ether oxygens (including phenoxy) is 2. The fourth-order valence-corrected chi connectivity index (χ4v) is 3.79. The molecule has 0 radical (unpaired) electrons. The summed E-state index contributed by atoms with van der Waals surface area (Å²) in [5.74, 6) is 2.01. The second-order valence-electron chi connectivity index (χ2n) is 6.84. The summed E-state index contributed by atoms with van der Waals surface area (Å²) in [6, 6.07) is 6.72. The molecule has 0 saturated heterocycles. The molecule has 1 aliphatic carbocycles. The Bertz CT molecular complexity index is 508. The topological polar surface area (TPSA) is 30.5 Å². The molecule has 1 aliphatic heterocycles. The van der Waals surface area contributed by atoms with E-state index >= 15 is 0 Å². The molecule has 122 valence electrons. The van der Waals surface area contributed by atoms with Crippen LogP contribution < -0.4 is 14.8 Å². The molecule has 0 amide bonds. The van der Waals surface area contributed by atoms with Crippen molar-refractivity contribution in [2.24, 2.45) is 0 Å². The van der Waals surface area contributed by atoms with Gasteiger partial charge in [-0.3, -0.25) is 0 Å². The largest absolute Gasteiger partial charge is 0.491 e. The second kappa shape index (κ2) is 6.49. The average Bonchev–Trinajstić information content (AvgIpc) is 2.96. The molecule has 2 atom stereocenters. The van der Waals surface area contributed by atoms with Crippen molar-refractivity contribution in [3.63, 3.8) is 0 Å². The van der Waals surface area contributed by atoms with E-state index in [4.69, 9.17) is 9.47 Å². The van der Waals surface area contributed by atoms with Crippen LogP contribution in [-0.4, -0.2) is 18.2 Å². The maximum Gasteiger partial charge on any atom is 0.125 e. The first kappa shape index (κ1) is 15.7. The minimum atomic E-state index is 0.0684. The highest BCUT2D eigenvalue weighted by Crippen LogP contribution is 2.47. The number of fused-ring (bicyclic) bond motifs is 1. The smallest absolute Gasteiger partial charge is 0.125 e. The molecule has 1 fully saturated rings. The highest BCUT2D eigenvalue weighted by Gasteiger charge is 2.42. The maximum absolute atomic E-state index is 6.45. The molecule has 1 heterocycles. The van der Waals surface area contributed by atoms with Gasteiger partial charge in [0.2, 0.25) is 0 Å². The Labute approximate surface area is 134 Å². The third-order valence-corrected chi connectivity index (χ3v) is 5.14. The van der Waals surface area contributed by atoms with Crippen LogP contribution in [0.4, 0.5) is 0 Å². The van der Waals surface area contributed by atoms with Crippen LogP contribution in [0.1, 0.15) is 70.9 Å². The van der Waals surface area contributed by atoms with Gasteiger partial charge in [0.25, 0.3) is 0 Å². The number of hydrogen-bond donors (Lipinski definition) is 1. The molecular weight excluding hydrogens is 274 g/mol. The first-order chi connectivity index (χ1) is 10.7. The van der Waals surface area contributed by atoms with Crippen LogP contribution >= 0.6 is 0 Å². The van der Waals surface area contributed by atoms with Gasteiger partial charge in [0.15, 0.2) is 0 Å². The SMILES string of the molecule is CCNC1CC2(CCCC2)Oc2ccc(OC(C)CC)cc21. The van der Waals surface area contributed by atoms with Gasteiger partial charge in [-0.1, -0.05) is 13.8 Å². The minimum absolute atomic E-state index is 0.0684. The summed E-state index contributed by atoms with van der Waals surface area (Å²) in [6.45, 7) is 7.43. The zero-order chi connectivity index (χ0) is 15.6. The van der Waals surface area contributed by atoms with Gasteiger partial charge in [0.05, 0.1) is 6.10 Å². The van der Waals surface area contributed by atoms with Crippen molar-refractivity contribution in [3.05, 3.63) is 23.8 Å². The monoisotopic (exact) mass is 303 g/mol. The summed E-state index contributed by atoms with van der Waals surface area (Å²) < 4.78 is 12.4. The predicted octanol–water partition coefficient (Wildman–Crippen LogP) is 4.61. The van der Waals surface area contributed by atoms with E-state index in [1.807, 2.05) is 0 Å². The highest BCUT2D eigenvalue weighted by molar-refractivity contribution is 5.44. The van der Waals surface area contributed by atoms with E-state index < -0.39 is 0 Å².